The Morgan fingerprint density at radius 1 is 1.56 bits per heavy atom. The van der Waals surface area contributed by atoms with Gasteiger partial charge in [-0.2, -0.15) is 4.98 Å². The summed E-state index contributed by atoms with van der Waals surface area (Å²) in [6, 6.07) is 1.79. The van der Waals surface area contributed by atoms with Crippen LogP contribution in [0.1, 0.15) is 13.3 Å². The second kappa shape index (κ2) is 5.12. The smallest absolute Gasteiger partial charge is 0.228 e. The number of nitrogens with two attached hydrogens (primary N) is 1. The normalized spacial score (nSPS) is 16.0. The van der Waals surface area contributed by atoms with Gasteiger partial charge in [0.1, 0.15) is 0 Å². The van der Waals surface area contributed by atoms with E-state index in [1.54, 1.807) is 12.3 Å². The molecule has 2 rings (SSSR count). The lowest BCUT2D eigenvalue weighted by Gasteiger charge is -2.38. The van der Waals surface area contributed by atoms with Gasteiger partial charge >= 0.3 is 0 Å². The molecule has 0 spiro atoms. The largest absolute Gasteiger partial charge is 0.478 e. The van der Waals surface area contributed by atoms with Crippen LogP contribution in [0.3, 0.4) is 0 Å². The zero-order valence-corrected chi connectivity index (χ0v) is 9.59. The maximum Gasteiger partial charge on any atom is 0.228 e. The highest BCUT2D eigenvalue weighted by atomic mass is 16.5. The molecule has 0 saturated carbocycles. The quantitative estimate of drug-likeness (QED) is 0.793. The summed E-state index contributed by atoms with van der Waals surface area (Å²) >= 11 is 0. The Bertz CT molecular complexity index is 339. The minimum Gasteiger partial charge on any atom is -0.478 e. The van der Waals surface area contributed by atoms with Crippen LogP contribution < -0.4 is 15.4 Å². The molecule has 88 valence electrons. The molecule has 5 heteroatoms. The Balaban J connectivity index is 1.94. The first-order chi connectivity index (χ1) is 7.83. The van der Waals surface area contributed by atoms with E-state index in [4.69, 9.17) is 10.5 Å². The Morgan fingerprint density at radius 3 is 3.06 bits per heavy atom. The van der Waals surface area contributed by atoms with Crippen molar-refractivity contribution in [2.24, 2.45) is 11.7 Å². The summed E-state index contributed by atoms with van der Waals surface area (Å²) in [4.78, 5) is 10.7. The maximum atomic E-state index is 5.58. The standard InChI is InChI=1S/C11H18N4O/c1-2-5-16-10-3-4-13-11(14-10)15-7-9(6-12)8-15/h3-4,9H,2,5-8,12H2,1H3. The fourth-order valence-electron chi connectivity index (χ4n) is 1.65. The van der Waals surface area contributed by atoms with E-state index in [2.05, 4.69) is 21.8 Å². The first-order valence-corrected chi connectivity index (χ1v) is 5.74. The van der Waals surface area contributed by atoms with Gasteiger partial charge in [0, 0.05) is 31.3 Å². The van der Waals surface area contributed by atoms with Crippen molar-refractivity contribution in [1.82, 2.24) is 9.97 Å². The zero-order valence-electron chi connectivity index (χ0n) is 9.59. The van der Waals surface area contributed by atoms with Crippen molar-refractivity contribution in [3.63, 3.8) is 0 Å². The van der Waals surface area contributed by atoms with E-state index in [-0.39, 0.29) is 0 Å². The molecule has 0 radical (unpaired) electrons. The van der Waals surface area contributed by atoms with Gasteiger partial charge in [-0.15, -0.1) is 0 Å². The molecule has 1 saturated heterocycles. The fraction of sp³-hybridized carbons (Fsp3) is 0.636. The van der Waals surface area contributed by atoms with Crippen LogP contribution in [-0.4, -0.2) is 36.2 Å². The molecule has 1 aromatic rings. The van der Waals surface area contributed by atoms with Gasteiger partial charge in [0.15, 0.2) is 0 Å². The third kappa shape index (κ3) is 2.41. The summed E-state index contributed by atoms with van der Waals surface area (Å²) in [5.41, 5.74) is 5.58. The van der Waals surface area contributed by atoms with Crippen molar-refractivity contribution in [1.29, 1.82) is 0 Å². The molecule has 1 aromatic heterocycles. The van der Waals surface area contributed by atoms with Gasteiger partial charge in [0.25, 0.3) is 0 Å². The van der Waals surface area contributed by atoms with E-state index in [1.807, 2.05) is 0 Å². The summed E-state index contributed by atoms with van der Waals surface area (Å²) in [7, 11) is 0. The van der Waals surface area contributed by atoms with Crippen molar-refractivity contribution < 1.29 is 4.74 Å². The molecule has 5 nitrogen and oxygen atoms in total. The number of nitrogens with zero attached hydrogens (tertiary/aromatic N) is 3. The van der Waals surface area contributed by atoms with Gasteiger partial charge < -0.3 is 15.4 Å². The highest BCUT2D eigenvalue weighted by Gasteiger charge is 2.27. The van der Waals surface area contributed by atoms with Gasteiger partial charge in [-0.3, -0.25) is 0 Å². The lowest BCUT2D eigenvalue weighted by atomic mass is 10.0. The van der Waals surface area contributed by atoms with Gasteiger partial charge in [0.2, 0.25) is 11.8 Å². The minimum absolute atomic E-state index is 0.587. The molecule has 16 heavy (non-hydrogen) atoms. The summed E-state index contributed by atoms with van der Waals surface area (Å²) < 4.78 is 5.47. The fourth-order valence-corrected chi connectivity index (χ4v) is 1.65. The monoisotopic (exact) mass is 222 g/mol. The van der Waals surface area contributed by atoms with Gasteiger partial charge in [-0.1, -0.05) is 6.92 Å². The first-order valence-electron chi connectivity index (χ1n) is 5.74. The molecule has 0 aromatic carbocycles. The van der Waals surface area contributed by atoms with Crippen LogP contribution in [0.15, 0.2) is 12.3 Å². The Kier molecular flexibility index (Phi) is 3.56. The third-order valence-corrected chi connectivity index (χ3v) is 2.64. The number of hydrogen-bond acceptors (Lipinski definition) is 5. The van der Waals surface area contributed by atoms with Gasteiger partial charge in [-0.05, 0) is 13.0 Å². The molecular weight excluding hydrogens is 204 g/mol. The molecule has 0 bridgehead atoms. The van der Waals surface area contributed by atoms with Crippen molar-refractivity contribution >= 4 is 5.95 Å². The number of ether oxygens (including phenoxy) is 1. The molecule has 1 aliphatic heterocycles. The molecule has 2 N–H and O–H groups in total. The lowest BCUT2D eigenvalue weighted by Crippen LogP contribution is -2.50. The van der Waals surface area contributed by atoms with Crippen LogP contribution in [0.5, 0.6) is 5.88 Å². The number of anilines is 1. The van der Waals surface area contributed by atoms with Crippen molar-refractivity contribution in [3.05, 3.63) is 12.3 Å². The molecule has 1 aliphatic rings. The second-order valence-corrected chi connectivity index (χ2v) is 4.05. The van der Waals surface area contributed by atoms with E-state index in [0.29, 0.717) is 18.4 Å². The Hall–Kier alpha value is -1.36. The molecule has 0 atom stereocenters. The van der Waals surface area contributed by atoms with Crippen LogP contribution in [0.2, 0.25) is 0 Å². The number of rotatable bonds is 5. The predicted molar refractivity (Wildman–Crippen MR) is 62.6 cm³/mol. The average Bonchev–Trinajstić information content (AvgIpc) is 2.26. The molecule has 2 heterocycles. The molecule has 0 unspecified atom stereocenters. The van der Waals surface area contributed by atoms with Crippen LogP contribution in [0.4, 0.5) is 5.95 Å². The van der Waals surface area contributed by atoms with Crippen molar-refractivity contribution in [2.75, 3.05) is 31.1 Å². The summed E-state index contributed by atoms with van der Waals surface area (Å²) in [6.45, 7) is 5.41. The zero-order chi connectivity index (χ0) is 11.4. The summed E-state index contributed by atoms with van der Waals surface area (Å²) in [5, 5.41) is 0. The van der Waals surface area contributed by atoms with E-state index >= 15 is 0 Å². The SMILES string of the molecule is CCCOc1ccnc(N2CC(CN)C2)n1. The maximum absolute atomic E-state index is 5.58. The number of aromatic nitrogens is 2. The van der Waals surface area contributed by atoms with E-state index in [0.717, 1.165) is 32.0 Å². The summed E-state index contributed by atoms with van der Waals surface area (Å²) in [6.07, 6.45) is 2.72. The Morgan fingerprint density at radius 2 is 2.38 bits per heavy atom. The highest BCUT2D eigenvalue weighted by molar-refractivity contribution is 5.35. The number of hydrogen-bond donors (Lipinski definition) is 1. The first kappa shape index (κ1) is 11.1. The molecule has 1 fully saturated rings. The van der Waals surface area contributed by atoms with Crippen molar-refractivity contribution in [3.8, 4) is 5.88 Å². The molecular formula is C11H18N4O. The topological polar surface area (TPSA) is 64.3 Å². The predicted octanol–water partition coefficient (Wildman–Crippen LogP) is 0.660. The van der Waals surface area contributed by atoms with Crippen LogP contribution in [0, 0.1) is 5.92 Å². The van der Waals surface area contributed by atoms with E-state index < -0.39 is 0 Å². The third-order valence-electron chi connectivity index (χ3n) is 2.64. The summed E-state index contributed by atoms with van der Waals surface area (Å²) in [5.74, 6) is 1.99. The van der Waals surface area contributed by atoms with Crippen LogP contribution >= 0.6 is 0 Å². The average molecular weight is 222 g/mol. The van der Waals surface area contributed by atoms with E-state index in [1.165, 1.54) is 0 Å². The molecule has 0 aliphatic carbocycles. The van der Waals surface area contributed by atoms with Crippen LogP contribution in [0.25, 0.3) is 0 Å². The van der Waals surface area contributed by atoms with E-state index in [9.17, 15) is 0 Å². The lowest BCUT2D eigenvalue weighted by molar-refractivity contribution is 0.303. The van der Waals surface area contributed by atoms with Gasteiger partial charge in [-0.25, -0.2) is 4.98 Å². The van der Waals surface area contributed by atoms with Gasteiger partial charge in [0.05, 0.1) is 6.61 Å². The highest BCUT2D eigenvalue weighted by Crippen LogP contribution is 2.21. The molecule has 0 amide bonds. The minimum atomic E-state index is 0.587. The second-order valence-electron chi connectivity index (χ2n) is 4.05. The Labute approximate surface area is 95.6 Å². The van der Waals surface area contributed by atoms with Crippen molar-refractivity contribution in [2.45, 2.75) is 13.3 Å². The van der Waals surface area contributed by atoms with Crippen LogP contribution in [-0.2, 0) is 0 Å².